The van der Waals surface area contributed by atoms with Crippen molar-refractivity contribution in [1.82, 2.24) is 5.32 Å². The summed E-state index contributed by atoms with van der Waals surface area (Å²) < 4.78 is 0. The topological polar surface area (TPSA) is 38.0 Å². The van der Waals surface area contributed by atoms with Gasteiger partial charge in [0.25, 0.3) is 0 Å². The van der Waals surface area contributed by atoms with E-state index < -0.39 is 0 Å². The summed E-state index contributed by atoms with van der Waals surface area (Å²) in [4.78, 5) is 0. The Morgan fingerprint density at radius 1 is 1.23 bits per heavy atom. The maximum Gasteiger partial charge on any atom is 0.000516 e. The van der Waals surface area contributed by atoms with Crippen LogP contribution in [0.4, 0.5) is 0 Å². The van der Waals surface area contributed by atoms with Gasteiger partial charge in [-0.05, 0) is 44.2 Å². The van der Waals surface area contributed by atoms with Gasteiger partial charge in [-0.1, -0.05) is 19.8 Å². The zero-order valence-electron chi connectivity index (χ0n) is 8.94. The molecule has 0 aromatic carbocycles. The molecule has 2 nitrogen and oxygen atoms in total. The molecular weight excluding hydrogens is 160 g/mol. The van der Waals surface area contributed by atoms with Gasteiger partial charge in [0.1, 0.15) is 0 Å². The van der Waals surface area contributed by atoms with Crippen molar-refractivity contribution in [3.63, 3.8) is 0 Å². The molecule has 0 heterocycles. The van der Waals surface area contributed by atoms with Gasteiger partial charge >= 0.3 is 0 Å². The van der Waals surface area contributed by atoms with Gasteiger partial charge in [-0.2, -0.15) is 0 Å². The maximum atomic E-state index is 5.42. The Kier molecular flexibility index (Phi) is 4.74. The Balaban J connectivity index is 1.83. The number of nitrogens with two attached hydrogens (primary N) is 1. The van der Waals surface area contributed by atoms with Crippen LogP contribution in [-0.4, -0.2) is 19.6 Å². The lowest BCUT2D eigenvalue weighted by Gasteiger charge is -2.38. The van der Waals surface area contributed by atoms with Gasteiger partial charge in [0.15, 0.2) is 0 Å². The highest BCUT2D eigenvalue weighted by atomic mass is 14.9. The molecule has 1 aliphatic carbocycles. The van der Waals surface area contributed by atoms with Gasteiger partial charge in [0, 0.05) is 6.54 Å². The maximum absolute atomic E-state index is 5.42. The zero-order valence-corrected chi connectivity index (χ0v) is 8.94. The van der Waals surface area contributed by atoms with Crippen LogP contribution in [0.25, 0.3) is 0 Å². The lowest BCUT2D eigenvalue weighted by atomic mass is 9.70. The zero-order chi connectivity index (χ0) is 9.57. The molecule has 0 aromatic rings. The normalized spacial score (nSPS) is 19.8. The number of unbranched alkanes of at least 4 members (excludes halogenated alkanes) is 2. The van der Waals surface area contributed by atoms with Gasteiger partial charge in [0.05, 0.1) is 0 Å². The molecular formula is C11H24N2. The van der Waals surface area contributed by atoms with E-state index in [9.17, 15) is 0 Å². The Morgan fingerprint density at radius 2 is 2.00 bits per heavy atom. The second-order valence-corrected chi connectivity index (χ2v) is 4.69. The monoisotopic (exact) mass is 184 g/mol. The Labute approximate surface area is 82.3 Å². The molecule has 78 valence electrons. The van der Waals surface area contributed by atoms with E-state index in [-0.39, 0.29) is 0 Å². The fourth-order valence-corrected chi connectivity index (χ4v) is 1.92. The fraction of sp³-hybridized carbons (Fsp3) is 1.00. The molecule has 13 heavy (non-hydrogen) atoms. The molecule has 0 saturated heterocycles. The number of rotatable bonds is 7. The number of hydrogen-bond acceptors (Lipinski definition) is 2. The van der Waals surface area contributed by atoms with Gasteiger partial charge in [-0.15, -0.1) is 0 Å². The van der Waals surface area contributed by atoms with E-state index >= 15 is 0 Å². The Morgan fingerprint density at radius 3 is 2.54 bits per heavy atom. The van der Waals surface area contributed by atoms with Gasteiger partial charge in [0.2, 0.25) is 0 Å². The highest BCUT2D eigenvalue weighted by Gasteiger charge is 2.30. The first-order chi connectivity index (χ1) is 6.27. The van der Waals surface area contributed by atoms with Gasteiger partial charge in [-0.25, -0.2) is 0 Å². The molecule has 0 aliphatic heterocycles. The second-order valence-electron chi connectivity index (χ2n) is 4.69. The summed E-state index contributed by atoms with van der Waals surface area (Å²) >= 11 is 0. The quantitative estimate of drug-likeness (QED) is 0.593. The molecule has 0 bridgehead atoms. The van der Waals surface area contributed by atoms with E-state index in [0.717, 1.165) is 6.54 Å². The standard InChI is InChI=1S/C11H24N2/c1-11(6-5-7-11)10-13-9-4-2-3-8-12/h13H,2-10,12H2,1H3. The Hall–Kier alpha value is -0.0800. The largest absolute Gasteiger partial charge is 0.330 e. The molecule has 0 atom stereocenters. The van der Waals surface area contributed by atoms with Crippen LogP contribution in [0.1, 0.15) is 45.4 Å². The van der Waals surface area contributed by atoms with Crippen molar-refractivity contribution in [3.8, 4) is 0 Å². The van der Waals surface area contributed by atoms with Crippen LogP contribution in [-0.2, 0) is 0 Å². The predicted octanol–water partition coefficient (Wildman–Crippen LogP) is 1.90. The number of hydrogen-bond donors (Lipinski definition) is 2. The summed E-state index contributed by atoms with van der Waals surface area (Å²) in [5.41, 5.74) is 6.06. The van der Waals surface area contributed by atoms with E-state index in [1.165, 1.54) is 51.6 Å². The third-order valence-electron chi connectivity index (χ3n) is 3.17. The molecule has 0 spiro atoms. The van der Waals surface area contributed by atoms with Crippen LogP contribution in [0.5, 0.6) is 0 Å². The third kappa shape index (κ3) is 4.10. The van der Waals surface area contributed by atoms with Crippen molar-refractivity contribution in [1.29, 1.82) is 0 Å². The minimum absolute atomic E-state index is 0.633. The molecule has 1 fully saturated rings. The average molecular weight is 184 g/mol. The first-order valence-corrected chi connectivity index (χ1v) is 5.68. The van der Waals surface area contributed by atoms with Gasteiger partial charge in [-0.3, -0.25) is 0 Å². The summed E-state index contributed by atoms with van der Waals surface area (Å²) in [5, 5.41) is 3.55. The van der Waals surface area contributed by atoms with Crippen molar-refractivity contribution in [2.24, 2.45) is 11.1 Å². The summed E-state index contributed by atoms with van der Waals surface area (Å²) in [6.45, 7) is 5.63. The molecule has 1 rings (SSSR count). The van der Waals surface area contributed by atoms with Crippen LogP contribution < -0.4 is 11.1 Å². The first kappa shape index (κ1) is 11.0. The summed E-state index contributed by atoms with van der Waals surface area (Å²) in [5.74, 6) is 0. The molecule has 3 N–H and O–H groups in total. The lowest BCUT2D eigenvalue weighted by molar-refractivity contribution is 0.157. The molecule has 0 amide bonds. The van der Waals surface area contributed by atoms with E-state index in [0.29, 0.717) is 5.41 Å². The van der Waals surface area contributed by atoms with Crippen LogP contribution in [0.2, 0.25) is 0 Å². The van der Waals surface area contributed by atoms with Crippen molar-refractivity contribution < 1.29 is 0 Å². The minimum Gasteiger partial charge on any atom is -0.330 e. The second kappa shape index (κ2) is 5.61. The predicted molar refractivity (Wildman–Crippen MR) is 57.7 cm³/mol. The van der Waals surface area contributed by atoms with Crippen molar-refractivity contribution in [3.05, 3.63) is 0 Å². The first-order valence-electron chi connectivity index (χ1n) is 5.68. The van der Waals surface area contributed by atoms with Crippen LogP contribution in [0, 0.1) is 5.41 Å². The van der Waals surface area contributed by atoms with E-state index in [1.807, 2.05) is 0 Å². The van der Waals surface area contributed by atoms with Crippen molar-refractivity contribution in [2.45, 2.75) is 45.4 Å². The molecule has 1 aliphatic rings. The van der Waals surface area contributed by atoms with E-state index in [2.05, 4.69) is 12.2 Å². The highest BCUT2D eigenvalue weighted by molar-refractivity contribution is 4.84. The Bertz CT molecular complexity index is 130. The van der Waals surface area contributed by atoms with Gasteiger partial charge < -0.3 is 11.1 Å². The number of nitrogens with one attached hydrogen (secondary N) is 1. The van der Waals surface area contributed by atoms with Crippen molar-refractivity contribution >= 4 is 0 Å². The average Bonchev–Trinajstić information content (AvgIpc) is 2.08. The highest BCUT2D eigenvalue weighted by Crippen LogP contribution is 2.39. The minimum atomic E-state index is 0.633. The lowest BCUT2D eigenvalue weighted by Crippen LogP contribution is -2.37. The van der Waals surface area contributed by atoms with E-state index in [1.54, 1.807) is 0 Å². The molecule has 2 heteroatoms. The molecule has 0 radical (unpaired) electrons. The van der Waals surface area contributed by atoms with Crippen LogP contribution in [0.3, 0.4) is 0 Å². The van der Waals surface area contributed by atoms with Crippen molar-refractivity contribution in [2.75, 3.05) is 19.6 Å². The van der Waals surface area contributed by atoms with Crippen LogP contribution >= 0.6 is 0 Å². The SMILES string of the molecule is CC1(CNCCCCCN)CCC1. The smallest absolute Gasteiger partial charge is 0.000516 e. The summed E-state index contributed by atoms with van der Waals surface area (Å²) in [6, 6.07) is 0. The summed E-state index contributed by atoms with van der Waals surface area (Å²) in [6.07, 6.45) is 8.02. The van der Waals surface area contributed by atoms with Crippen LogP contribution in [0.15, 0.2) is 0 Å². The molecule has 1 saturated carbocycles. The van der Waals surface area contributed by atoms with E-state index in [4.69, 9.17) is 5.73 Å². The fourth-order valence-electron chi connectivity index (χ4n) is 1.92. The summed E-state index contributed by atoms with van der Waals surface area (Å²) in [7, 11) is 0. The molecule has 0 aromatic heterocycles. The molecule has 0 unspecified atom stereocenters. The third-order valence-corrected chi connectivity index (χ3v) is 3.17.